The predicted octanol–water partition coefficient (Wildman–Crippen LogP) is 4.66. The standard InChI is InChI=1S/C20H22N2S/c1-15-18(21(2)3)14-19(23)22(17-12-8-5-9-13-17)20(15)16-10-6-4-7-11-16/h4-15,20H,1-3H3/t15-,20+/m1/s1. The lowest BCUT2D eigenvalue weighted by Crippen LogP contribution is -2.43. The SMILES string of the molecule is C[C@@H]1C(N(C)C)=CC(=S)N(c2ccccc2)[C@@H]1c1ccccc1. The Bertz CT molecular complexity index is 707. The maximum atomic E-state index is 5.76. The Balaban J connectivity index is 2.13. The van der Waals surface area contributed by atoms with Crippen LogP contribution in [0.2, 0.25) is 0 Å². The zero-order chi connectivity index (χ0) is 16.4. The zero-order valence-electron chi connectivity index (χ0n) is 13.8. The normalized spacial score (nSPS) is 21.1. The molecular formula is C20H22N2S. The molecule has 3 heteroatoms. The van der Waals surface area contributed by atoms with E-state index in [1.165, 1.54) is 11.3 Å². The Morgan fingerprint density at radius 1 is 0.913 bits per heavy atom. The van der Waals surface area contributed by atoms with Crippen LogP contribution in [-0.4, -0.2) is 24.0 Å². The molecule has 118 valence electrons. The van der Waals surface area contributed by atoms with Gasteiger partial charge in [0.25, 0.3) is 0 Å². The summed E-state index contributed by atoms with van der Waals surface area (Å²) in [6.07, 6.45) is 2.13. The Kier molecular flexibility index (Phi) is 4.49. The van der Waals surface area contributed by atoms with Gasteiger partial charge < -0.3 is 9.80 Å². The van der Waals surface area contributed by atoms with Gasteiger partial charge in [-0.25, -0.2) is 0 Å². The van der Waals surface area contributed by atoms with Gasteiger partial charge in [-0.05, 0) is 23.8 Å². The molecule has 1 aliphatic rings. The number of para-hydroxylation sites is 1. The lowest BCUT2D eigenvalue weighted by Gasteiger charge is -2.43. The fourth-order valence-corrected chi connectivity index (χ4v) is 3.69. The Labute approximate surface area is 144 Å². The maximum absolute atomic E-state index is 5.76. The van der Waals surface area contributed by atoms with Crippen molar-refractivity contribution in [1.29, 1.82) is 0 Å². The average molecular weight is 322 g/mol. The van der Waals surface area contributed by atoms with Gasteiger partial charge in [-0.15, -0.1) is 0 Å². The van der Waals surface area contributed by atoms with Crippen molar-refractivity contribution >= 4 is 22.9 Å². The molecule has 0 amide bonds. The lowest BCUT2D eigenvalue weighted by atomic mass is 9.86. The summed E-state index contributed by atoms with van der Waals surface area (Å²) in [6, 6.07) is 21.3. The molecule has 2 aromatic rings. The first-order valence-corrected chi connectivity index (χ1v) is 8.32. The third-order valence-electron chi connectivity index (χ3n) is 4.42. The third-order valence-corrected chi connectivity index (χ3v) is 4.73. The van der Waals surface area contributed by atoms with Crippen LogP contribution in [0, 0.1) is 5.92 Å². The summed E-state index contributed by atoms with van der Waals surface area (Å²) in [5.74, 6) is 0.347. The molecule has 2 atom stereocenters. The van der Waals surface area contributed by atoms with Crippen molar-refractivity contribution in [3.8, 4) is 0 Å². The molecule has 2 aromatic carbocycles. The molecule has 1 heterocycles. The number of hydrogen-bond donors (Lipinski definition) is 0. The summed E-state index contributed by atoms with van der Waals surface area (Å²) < 4.78 is 0. The molecule has 0 aromatic heterocycles. The number of thiocarbonyl (C=S) groups is 1. The van der Waals surface area contributed by atoms with E-state index in [4.69, 9.17) is 12.2 Å². The van der Waals surface area contributed by atoms with E-state index in [2.05, 4.69) is 91.5 Å². The van der Waals surface area contributed by atoms with Gasteiger partial charge in [-0.2, -0.15) is 0 Å². The van der Waals surface area contributed by atoms with Gasteiger partial charge in [0, 0.05) is 31.4 Å². The minimum Gasteiger partial charge on any atom is -0.381 e. The average Bonchev–Trinajstić information content (AvgIpc) is 2.57. The van der Waals surface area contributed by atoms with Crippen molar-refractivity contribution in [2.45, 2.75) is 13.0 Å². The first-order chi connectivity index (χ1) is 11.1. The van der Waals surface area contributed by atoms with Crippen LogP contribution in [0.1, 0.15) is 18.5 Å². The maximum Gasteiger partial charge on any atom is 0.108 e. The second kappa shape index (κ2) is 6.55. The Hall–Kier alpha value is -2.13. The van der Waals surface area contributed by atoms with E-state index in [0.717, 1.165) is 10.7 Å². The van der Waals surface area contributed by atoms with Crippen molar-refractivity contribution in [3.63, 3.8) is 0 Å². The number of nitrogens with zero attached hydrogens (tertiary/aromatic N) is 2. The molecule has 0 fully saturated rings. The smallest absolute Gasteiger partial charge is 0.108 e. The summed E-state index contributed by atoms with van der Waals surface area (Å²) in [6.45, 7) is 2.28. The van der Waals surface area contributed by atoms with E-state index >= 15 is 0 Å². The minimum absolute atomic E-state index is 0.202. The number of anilines is 1. The topological polar surface area (TPSA) is 6.48 Å². The number of rotatable bonds is 3. The predicted molar refractivity (Wildman–Crippen MR) is 102 cm³/mol. The fraction of sp³-hybridized carbons (Fsp3) is 0.250. The molecular weight excluding hydrogens is 300 g/mol. The molecule has 0 unspecified atom stereocenters. The third kappa shape index (κ3) is 3.02. The monoisotopic (exact) mass is 322 g/mol. The molecule has 0 bridgehead atoms. The van der Waals surface area contributed by atoms with Crippen molar-refractivity contribution in [1.82, 2.24) is 4.90 Å². The summed E-state index contributed by atoms with van der Waals surface area (Å²) in [5, 5.41) is 0. The molecule has 0 radical (unpaired) electrons. The van der Waals surface area contributed by atoms with Crippen molar-refractivity contribution in [2.75, 3.05) is 19.0 Å². The lowest BCUT2D eigenvalue weighted by molar-refractivity contribution is 0.387. The molecule has 0 aliphatic carbocycles. The van der Waals surface area contributed by atoms with Crippen LogP contribution < -0.4 is 4.90 Å². The second-order valence-corrected chi connectivity index (χ2v) is 6.57. The van der Waals surface area contributed by atoms with Gasteiger partial charge >= 0.3 is 0 Å². The highest BCUT2D eigenvalue weighted by molar-refractivity contribution is 7.81. The number of benzene rings is 2. The summed E-state index contributed by atoms with van der Waals surface area (Å²) in [5.41, 5.74) is 3.71. The second-order valence-electron chi connectivity index (χ2n) is 6.15. The van der Waals surface area contributed by atoms with E-state index in [1.54, 1.807) is 0 Å². The summed E-state index contributed by atoms with van der Waals surface area (Å²) in [7, 11) is 4.18. The van der Waals surface area contributed by atoms with Crippen LogP contribution in [-0.2, 0) is 0 Å². The molecule has 2 nitrogen and oxygen atoms in total. The van der Waals surface area contributed by atoms with E-state index in [-0.39, 0.29) is 6.04 Å². The highest BCUT2D eigenvalue weighted by Crippen LogP contribution is 2.40. The molecule has 3 rings (SSSR count). The van der Waals surface area contributed by atoms with E-state index in [9.17, 15) is 0 Å². The van der Waals surface area contributed by atoms with Gasteiger partial charge in [0.05, 0.1) is 6.04 Å². The quantitative estimate of drug-likeness (QED) is 0.759. The van der Waals surface area contributed by atoms with Crippen molar-refractivity contribution in [3.05, 3.63) is 78.0 Å². The highest BCUT2D eigenvalue weighted by Gasteiger charge is 2.35. The van der Waals surface area contributed by atoms with E-state index in [1.807, 2.05) is 6.07 Å². The Morgan fingerprint density at radius 2 is 1.48 bits per heavy atom. The van der Waals surface area contributed by atoms with Crippen molar-refractivity contribution in [2.24, 2.45) is 5.92 Å². The molecule has 0 spiro atoms. The minimum atomic E-state index is 0.202. The fourth-order valence-electron chi connectivity index (χ4n) is 3.35. The van der Waals surface area contributed by atoms with E-state index < -0.39 is 0 Å². The Morgan fingerprint density at radius 3 is 2.04 bits per heavy atom. The summed E-state index contributed by atoms with van der Waals surface area (Å²) >= 11 is 5.76. The zero-order valence-corrected chi connectivity index (χ0v) is 14.6. The molecule has 1 aliphatic heterocycles. The van der Waals surface area contributed by atoms with Gasteiger partial charge in [-0.3, -0.25) is 0 Å². The first-order valence-electron chi connectivity index (χ1n) is 7.91. The van der Waals surface area contributed by atoms with E-state index in [0.29, 0.717) is 5.92 Å². The largest absolute Gasteiger partial charge is 0.381 e. The molecule has 23 heavy (non-hydrogen) atoms. The van der Waals surface area contributed by atoms with Gasteiger partial charge in [0.15, 0.2) is 0 Å². The van der Waals surface area contributed by atoms with Crippen LogP contribution in [0.25, 0.3) is 0 Å². The number of hydrogen-bond acceptors (Lipinski definition) is 2. The van der Waals surface area contributed by atoms with Gasteiger partial charge in [0.1, 0.15) is 4.99 Å². The summed E-state index contributed by atoms with van der Waals surface area (Å²) in [4.78, 5) is 5.32. The van der Waals surface area contributed by atoms with Crippen molar-refractivity contribution < 1.29 is 0 Å². The highest BCUT2D eigenvalue weighted by atomic mass is 32.1. The van der Waals surface area contributed by atoms with Gasteiger partial charge in [-0.1, -0.05) is 67.7 Å². The van der Waals surface area contributed by atoms with Crippen LogP contribution in [0.3, 0.4) is 0 Å². The molecule has 0 N–H and O–H groups in total. The van der Waals surface area contributed by atoms with Gasteiger partial charge in [0.2, 0.25) is 0 Å². The van der Waals surface area contributed by atoms with Crippen LogP contribution in [0.5, 0.6) is 0 Å². The van der Waals surface area contributed by atoms with Crippen LogP contribution in [0.15, 0.2) is 72.4 Å². The molecule has 0 saturated carbocycles. The van der Waals surface area contributed by atoms with Crippen LogP contribution in [0.4, 0.5) is 5.69 Å². The molecule has 0 saturated heterocycles. The van der Waals surface area contributed by atoms with Crippen LogP contribution >= 0.6 is 12.2 Å². The first kappa shape index (κ1) is 15.8.